The highest BCUT2D eigenvalue weighted by Crippen LogP contribution is 2.20. The Bertz CT molecular complexity index is 712. The number of aromatic nitrogens is 3. The smallest absolute Gasteiger partial charge is 0.255 e. The first kappa shape index (κ1) is 21.7. The van der Waals surface area contributed by atoms with Gasteiger partial charge in [-0.15, -0.1) is 24.8 Å². The van der Waals surface area contributed by atoms with Gasteiger partial charge in [0, 0.05) is 31.2 Å². The molecule has 2 aromatic rings. The second kappa shape index (κ2) is 9.36. The van der Waals surface area contributed by atoms with Gasteiger partial charge in [-0.25, -0.2) is 4.98 Å². The molecule has 0 aromatic carbocycles. The average molecular weight is 388 g/mol. The molecule has 3 heterocycles. The zero-order chi connectivity index (χ0) is 16.4. The highest BCUT2D eigenvalue weighted by atomic mass is 35.5. The van der Waals surface area contributed by atoms with E-state index in [9.17, 15) is 4.79 Å². The fourth-order valence-electron chi connectivity index (χ4n) is 3.40. The minimum absolute atomic E-state index is 0. The fraction of sp³-hybridized carbons (Fsp3) is 0.588. The van der Waals surface area contributed by atoms with Gasteiger partial charge in [0.25, 0.3) is 5.91 Å². The van der Waals surface area contributed by atoms with Gasteiger partial charge in [-0.1, -0.05) is 6.92 Å². The number of amides is 1. The lowest BCUT2D eigenvalue weighted by Gasteiger charge is -2.34. The number of piperidine rings is 1. The van der Waals surface area contributed by atoms with Crippen molar-refractivity contribution in [2.24, 2.45) is 7.05 Å². The van der Waals surface area contributed by atoms with Crippen molar-refractivity contribution in [1.29, 1.82) is 0 Å². The fourth-order valence-corrected chi connectivity index (χ4v) is 3.40. The Morgan fingerprint density at radius 3 is 2.68 bits per heavy atom. The van der Waals surface area contributed by atoms with Crippen molar-refractivity contribution in [3.63, 3.8) is 0 Å². The summed E-state index contributed by atoms with van der Waals surface area (Å²) in [5, 5.41) is 8.70. The molecule has 140 valence electrons. The number of nitrogens with one attached hydrogen (secondary N) is 1. The van der Waals surface area contributed by atoms with E-state index in [-0.39, 0.29) is 30.7 Å². The molecule has 0 radical (unpaired) electrons. The Morgan fingerprint density at radius 2 is 2.04 bits per heavy atom. The van der Waals surface area contributed by atoms with Gasteiger partial charge in [-0.3, -0.25) is 9.48 Å². The third kappa shape index (κ3) is 4.43. The number of fused-ring (bicyclic) bond motifs is 1. The van der Waals surface area contributed by atoms with Crippen molar-refractivity contribution in [1.82, 2.24) is 25.0 Å². The van der Waals surface area contributed by atoms with Crippen LogP contribution in [0.15, 0.2) is 12.3 Å². The van der Waals surface area contributed by atoms with Crippen molar-refractivity contribution in [2.75, 3.05) is 19.6 Å². The Labute approximate surface area is 161 Å². The number of hydrogen-bond acceptors (Lipinski definition) is 4. The first-order valence-electron chi connectivity index (χ1n) is 8.43. The van der Waals surface area contributed by atoms with Crippen LogP contribution in [0.1, 0.15) is 42.2 Å². The zero-order valence-corrected chi connectivity index (χ0v) is 16.6. The molecule has 1 fully saturated rings. The summed E-state index contributed by atoms with van der Waals surface area (Å²) in [5.74, 6) is 0.0939. The molecule has 8 heteroatoms. The van der Waals surface area contributed by atoms with Crippen LogP contribution < -0.4 is 5.32 Å². The molecule has 1 aliphatic rings. The highest BCUT2D eigenvalue weighted by Gasteiger charge is 2.26. The quantitative estimate of drug-likeness (QED) is 0.875. The standard InChI is InChI=1S/C17H25N5O.2ClH/c1-4-9-22(14-5-7-18-8-6-14)17(23)13-10-15-12(2)20-21(3)16(15)19-11-13;;/h10-11,14,18H,4-9H2,1-3H3;2*1H. The lowest BCUT2D eigenvalue weighted by Crippen LogP contribution is -2.46. The number of rotatable bonds is 4. The largest absolute Gasteiger partial charge is 0.336 e. The van der Waals surface area contributed by atoms with Gasteiger partial charge in [0.15, 0.2) is 5.65 Å². The van der Waals surface area contributed by atoms with Crippen LogP contribution in [0.3, 0.4) is 0 Å². The summed E-state index contributed by atoms with van der Waals surface area (Å²) < 4.78 is 1.76. The summed E-state index contributed by atoms with van der Waals surface area (Å²) in [6.45, 7) is 6.84. The highest BCUT2D eigenvalue weighted by molar-refractivity contribution is 5.97. The molecular formula is C17H27Cl2N5O. The second-order valence-corrected chi connectivity index (χ2v) is 6.28. The lowest BCUT2D eigenvalue weighted by atomic mass is 10.0. The third-order valence-electron chi connectivity index (χ3n) is 4.58. The Kier molecular flexibility index (Phi) is 8.12. The van der Waals surface area contributed by atoms with Crippen LogP contribution in [0.5, 0.6) is 0 Å². The molecule has 1 amide bonds. The lowest BCUT2D eigenvalue weighted by molar-refractivity contribution is 0.0642. The van der Waals surface area contributed by atoms with E-state index in [0.717, 1.165) is 55.6 Å². The molecule has 0 spiro atoms. The van der Waals surface area contributed by atoms with E-state index in [2.05, 4.69) is 22.3 Å². The van der Waals surface area contributed by atoms with Crippen LogP contribution in [0.2, 0.25) is 0 Å². The summed E-state index contributed by atoms with van der Waals surface area (Å²) in [7, 11) is 1.88. The van der Waals surface area contributed by atoms with E-state index in [1.54, 1.807) is 10.9 Å². The van der Waals surface area contributed by atoms with Crippen LogP contribution in [0, 0.1) is 6.92 Å². The summed E-state index contributed by atoms with van der Waals surface area (Å²) in [6.07, 6.45) is 4.70. The first-order valence-corrected chi connectivity index (χ1v) is 8.43. The summed E-state index contributed by atoms with van der Waals surface area (Å²) in [4.78, 5) is 19.5. The van der Waals surface area contributed by atoms with Crippen LogP contribution in [0.4, 0.5) is 0 Å². The molecule has 6 nitrogen and oxygen atoms in total. The maximum atomic E-state index is 13.0. The van der Waals surface area contributed by atoms with E-state index in [0.29, 0.717) is 11.6 Å². The summed E-state index contributed by atoms with van der Waals surface area (Å²) in [5.41, 5.74) is 2.40. The normalized spacial score (nSPS) is 14.7. The van der Waals surface area contributed by atoms with Gasteiger partial charge < -0.3 is 10.2 Å². The maximum absolute atomic E-state index is 13.0. The third-order valence-corrected chi connectivity index (χ3v) is 4.58. The van der Waals surface area contributed by atoms with Crippen molar-refractivity contribution in [3.05, 3.63) is 23.5 Å². The van der Waals surface area contributed by atoms with Gasteiger partial charge in [-0.2, -0.15) is 5.10 Å². The van der Waals surface area contributed by atoms with Gasteiger partial charge >= 0.3 is 0 Å². The van der Waals surface area contributed by atoms with Crippen LogP contribution in [-0.2, 0) is 7.05 Å². The van der Waals surface area contributed by atoms with Crippen molar-refractivity contribution in [3.8, 4) is 0 Å². The van der Waals surface area contributed by atoms with Crippen molar-refractivity contribution < 1.29 is 4.79 Å². The van der Waals surface area contributed by atoms with Gasteiger partial charge in [-0.05, 0) is 45.3 Å². The average Bonchev–Trinajstić information content (AvgIpc) is 2.87. The number of hydrogen-bond donors (Lipinski definition) is 1. The predicted molar refractivity (Wildman–Crippen MR) is 105 cm³/mol. The SMILES string of the molecule is CCCN(C(=O)c1cnc2c(c1)c(C)nn2C)C1CCNCC1.Cl.Cl. The minimum atomic E-state index is 0. The Morgan fingerprint density at radius 1 is 1.36 bits per heavy atom. The zero-order valence-electron chi connectivity index (χ0n) is 15.0. The molecule has 0 unspecified atom stereocenters. The summed E-state index contributed by atoms with van der Waals surface area (Å²) in [6, 6.07) is 2.27. The summed E-state index contributed by atoms with van der Waals surface area (Å²) >= 11 is 0. The molecule has 2 aromatic heterocycles. The van der Waals surface area contributed by atoms with E-state index < -0.39 is 0 Å². The van der Waals surface area contributed by atoms with E-state index >= 15 is 0 Å². The molecule has 1 N–H and O–H groups in total. The number of carbonyl (C=O) groups is 1. The first-order chi connectivity index (χ1) is 11.1. The number of pyridine rings is 1. The number of carbonyl (C=O) groups excluding carboxylic acids is 1. The van der Waals surface area contributed by atoms with Gasteiger partial charge in [0.05, 0.1) is 11.3 Å². The number of aryl methyl sites for hydroxylation is 2. The van der Waals surface area contributed by atoms with Crippen LogP contribution in [0.25, 0.3) is 11.0 Å². The molecular weight excluding hydrogens is 361 g/mol. The number of halogens is 2. The van der Waals surface area contributed by atoms with Crippen molar-refractivity contribution >= 4 is 41.8 Å². The molecule has 0 atom stereocenters. The Balaban J connectivity index is 0.00000156. The molecule has 3 rings (SSSR count). The maximum Gasteiger partial charge on any atom is 0.255 e. The van der Waals surface area contributed by atoms with E-state index in [1.807, 2.05) is 24.9 Å². The second-order valence-electron chi connectivity index (χ2n) is 6.28. The molecule has 0 bridgehead atoms. The van der Waals surface area contributed by atoms with Crippen LogP contribution in [-0.4, -0.2) is 51.2 Å². The number of nitrogens with zero attached hydrogens (tertiary/aromatic N) is 4. The van der Waals surface area contributed by atoms with E-state index in [4.69, 9.17) is 0 Å². The van der Waals surface area contributed by atoms with Crippen LogP contribution >= 0.6 is 24.8 Å². The topological polar surface area (TPSA) is 63.1 Å². The van der Waals surface area contributed by atoms with Gasteiger partial charge in [0.1, 0.15) is 0 Å². The van der Waals surface area contributed by atoms with Crippen molar-refractivity contribution in [2.45, 2.75) is 39.2 Å². The van der Waals surface area contributed by atoms with E-state index in [1.165, 1.54) is 0 Å². The van der Waals surface area contributed by atoms with Gasteiger partial charge in [0.2, 0.25) is 0 Å². The Hall–Kier alpha value is -1.37. The monoisotopic (exact) mass is 387 g/mol. The molecule has 25 heavy (non-hydrogen) atoms. The minimum Gasteiger partial charge on any atom is -0.336 e. The molecule has 0 saturated carbocycles. The predicted octanol–water partition coefficient (Wildman–Crippen LogP) is 2.72. The molecule has 1 aliphatic heterocycles. The molecule has 1 saturated heterocycles. The molecule has 0 aliphatic carbocycles.